The average molecular weight is 270 g/mol. The Morgan fingerprint density at radius 1 is 1.28 bits per heavy atom. The van der Waals surface area contributed by atoms with Crippen molar-refractivity contribution in [2.75, 3.05) is 0 Å². The van der Waals surface area contributed by atoms with E-state index in [1.165, 1.54) is 5.57 Å². The molecule has 0 fully saturated rings. The first-order valence-corrected chi connectivity index (χ1v) is 9.75. The Morgan fingerprint density at radius 2 is 1.78 bits per heavy atom. The molecule has 0 bridgehead atoms. The minimum Gasteiger partial charge on any atom is -0.413 e. The maximum absolute atomic E-state index is 11.1. The molecule has 3 heteroatoms. The third-order valence-corrected chi connectivity index (χ3v) is 8.66. The summed E-state index contributed by atoms with van der Waals surface area (Å²) in [4.78, 5) is 11.1. The highest BCUT2D eigenvalue weighted by Crippen LogP contribution is 2.27. The Balaban J connectivity index is 4.74. The van der Waals surface area contributed by atoms with E-state index in [4.69, 9.17) is 4.43 Å². The van der Waals surface area contributed by atoms with E-state index >= 15 is 0 Å². The van der Waals surface area contributed by atoms with E-state index in [0.29, 0.717) is 0 Å². The number of hydrogen-bond acceptors (Lipinski definition) is 2. The van der Waals surface area contributed by atoms with E-state index in [9.17, 15) is 4.79 Å². The number of carbonyl (C=O) groups is 1. The molecule has 2 nitrogen and oxygen atoms in total. The minimum absolute atomic E-state index is 0.0131. The van der Waals surface area contributed by atoms with Gasteiger partial charge < -0.3 is 9.22 Å². The predicted octanol–water partition coefficient (Wildman–Crippen LogP) is 4.57. The highest BCUT2D eigenvalue weighted by molar-refractivity contribution is 6.73. The van der Waals surface area contributed by atoms with Crippen LogP contribution in [0.2, 0.25) is 18.1 Å². The van der Waals surface area contributed by atoms with Crippen molar-refractivity contribution in [1.82, 2.24) is 0 Å². The maximum atomic E-state index is 11.1. The molecule has 106 valence electrons. The molecular formula is C15H30O2Si. The Labute approximate surface area is 114 Å². The van der Waals surface area contributed by atoms with Crippen molar-refractivity contribution >= 4 is 14.6 Å². The molecule has 0 saturated carbocycles. The fraction of sp³-hybridized carbons (Fsp3) is 0.800. The number of aldehydes is 1. The molecule has 2 atom stereocenters. The van der Waals surface area contributed by atoms with E-state index < -0.39 is 8.32 Å². The topological polar surface area (TPSA) is 26.3 Å². The summed E-state index contributed by atoms with van der Waals surface area (Å²) in [5.74, 6) is -0.0131. The van der Waals surface area contributed by atoms with E-state index in [1.807, 2.05) is 13.8 Å². The third-order valence-electron chi connectivity index (χ3n) is 3.99. The predicted molar refractivity (Wildman–Crippen MR) is 81.3 cm³/mol. The Hall–Kier alpha value is -0.413. The molecular weight excluding hydrogens is 240 g/mol. The van der Waals surface area contributed by atoms with E-state index in [1.54, 1.807) is 0 Å². The first-order chi connectivity index (χ1) is 8.44. The van der Waals surface area contributed by atoms with Gasteiger partial charge in [-0.2, -0.15) is 0 Å². The molecule has 0 aromatic heterocycles. The van der Waals surface area contributed by atoms with Crippen molar-refractivity contribution in [2.24, 2.45) is 5.92 Å². The maximum Gasteiger partial charge on any atom is 0.192 e. The van der Waals surface area contributed by atoms with Gasteiger partial charge in [0.25, 0.3) is 0 Å². The lowest BCUT2D eigenvalue weighted by atomic mass is 10.0. The second-order valence-electron chi connectivity index (χ2n) is 5.39. The van der Waals surface area contributed by atoms with Crippen LogP contribution in [0.3, 0.4) is 0 Å². The fourth-order valence-electron chi connectivity index (χ4n) is 2.23. The molecule has 18 heavy (non-hydrogen) atoms. The van der Waals surface area contributed by atoms with Crippen LogP contribution in [0, 0.1) is 5.92 Å². The zero-order chi connectivity index (χ0) is 14.2. The van der Waals surface area contributed by atoms with Gasteiger partial charge in [-0.1, -0.05) is 33.3 Å². The van der Waals surface area contributed by atoms with Crippen LogP contribution >= 0.6 is 0 Å². The van der Waals surface area contributed by atoms with Crippen molar-refractivity contribution in [3.05, 3.63) is 12.2 Å². The summed E-state index contributed by atoms with van der Waals surface area (Å²) in [6.45, 7) is 14.6. The first-order valence-electron chi connectivity index (χ1n) is 7.22. The zero-order valence-corrected chi connectivity index (χ0v) is 13.8. The number of allylic oxidation sites excluding steroid dienone is 1. The fourth-order valence-corrected chi connectivity index (χ4v) is 5.20. The van der Waals surface area contributed by atoms with Gasteiger partial charge in [0, 0.05) is 5.92 Å². The van der Waals surface area contributed by atoms with Crippen LogP contribution < -0.4 is 0 Å². The molecule has 0 N–H and O–H groups in total. The molecule has 0 unspecified atom stereocenters. The van der Waals surface area contributed by atoms with Gasteiger partial charge in [0.1, 0.15) is 6.29 Å². The number of carbonyl (C=O) groups excluding carboxylic acids is 1. The molecule has 0 radical (unpaired) electrons. The van der Waals surface area contributed by atoms with Crippen LogP contribution in [0.1, 0.15) is 47.5 Å². The van der Waals surface area contributed by atoms with E-state index in [0.717, 1.165) is 37.3 Å². The van der Waals surface area contributed by atoms with Gasteiger partial charge in [-0.25, -0.2) is 0 Å². The summed E-state index contributed by atoms with van der Waals surface area (Å²) in [5, 5.41) is 0. The summed E-state index contributed by atoms with van der Waals surface area (Å²) in [5.41, 5.74) is 1.17. The van der Waals surface area contributed by atoms with Crippen LogP contribution in [0.4, 0.5) is 0 Å². The molecule has 0 heterocycles. The second-order valence-corrected chi connectivity index (χ2v) is 10.1. The van der Waals surface area contributed by atoms with Crippen LogP contribution in [-0.2, 0) is 9.22 Å². The number of hydrogen-bond donors (Lipinski definition) is 0. The largest absolute Gasteiger partial charge is 0.413 e. The lowest BCUT2D eigenvalue weighted by molar-refractivity contribution is -0.113. The highest BCUT2D eigenvalue weighted by atomic mass is 28.4. The monoisotopic (exact) mass is 270 g/mol. The van der Waals surface area contributed by atoms with E-state index in [2.05, 4.69) is 27.4 Å². The highest BCUT2D eigenvalue weighted by Gasteiger charge is 2.33. The van der Waals surface area contributed by atoms with Crippen molar-refractivity contribution in [3.8, 4) is 0 Å². The standard InChI is InChI=1S/C15H30O2Si/c1-7-18(8-2,9-3)17-15(14(6)12-16)11-10-13(4)5/h12,14-15H,4,7-11H2,1-3,5-6H3/t14-,15-/m0/s1. The normalized spacial score (nSPS) is 15.2. The first kappa shape index (κ1) is 17.6. The second kappa shape index (κ2) is 8.65. The molecule has 0 aliphatic carbocycles. The van der Waals surface area contributed by atoms with Gasteiger partial charge in [-0.3, -0.25) is 0 Å². The quantitative estimate of drug-likeness (QED) is 0.330. The van der Waals surface area contributed by atoms with E-state index in [-0.39, 0.29) is 12.0 Å². The van der Waals surface area contributed by atoms with Crippen LogP contribution in [0.5, 0.6) is 0 Å². The van der Waals surface area contributed by atoms with Crippen LogP contribution in [0.15, 0.2) is 12.2 Å². The molecule has 0 amide bonds. The smallest absolute Gasteiger partial charge is 0.192 e. The molecule has 0 saturated heterocycles. The number of rotatable bonds is 10. The summed E-state index contributed by atoms with van der Waals surface area (Å²) < 4.78 is 6.46. The molecule has 0 aromatic carbocycles. The summed E-state index contributed by atoms with van der Waals surface area (Å²) in [6.07, 6.45) is 2.98. The van der Waals surface area contributed by atoms with Gasteiger partial charge in [-0.05, 0) is 37.9 Å². The average Bonchev–Trinajstić information content (AvgIpc) is 2.39. The molecule has 0 aromatic rings. The molecule has 0 aliphatic heterocycles. The third kappa shape index (κ3) is 5.49. The van der Waals surface area contributed by atoms with Crippen molar-refractivity contribution in [3.63, 3.8) is 0 Å². The SMILES string of the molecule is C=C(C)CC[C@H](O[Si](CC)(CC)CC)[C@@H](C)C=O. The van der Waals surface area contributed by atoms with Crippen molar-refractivity contribution < 1.29 is 9.22 Å². The lowest BCUT2D eigenvalue weighted by Crippen LogP contribution is -2.42. The Kier molecular flexibility index (Phi) is 8.45. The van der Waals surface area contributed by atoms with Crippen LogP contribution in [-0.4, -0.2) is 20.7 Å². The Morgan fingerprint density at radius 3 is 2.11 bits per heavy atom. The summed E-state index contributed by atoms with van der Waals surface area (Å²) >= 11 is 0. The summed E-state index contributed by atoms with van der Waals surface area (Å²) in [7, 11) is -1.62. The zero-order valence-electron chi connectivity index (χ0n) is 12.8. The molecule has 0 aliphatic rings. The van der Waals surface area contributed by atoms with Gasteiger partial charge in [0.2, 0.25) is 0 Å². The van der Waals surface area contributed by atoms with Gasteiger partial charge in [0.15, 0.2) is 8.32 Å². The minimum atomic E-state index is -1.62. The van der Waals surface area contributed by atoms with Crippen molar-refractivity contribution in [1.29, 1.82) is 0 Å². The van der Waals surface area contributed by atoms with Crippen molar-refractivity contribution in [2.45, 2.75) is 71.7 Å². The van der Waals surface area contributed by atoms with Gasteiger partial charge in [-0.15, -0.1) is 6.58 Å². The van der Waals surface area contributed by atoms with Gasteiger partial charge >= 0.3 is 0 Å². The lowest BCUT2D eigenvalue weighted by Gasteiger charge is -2.35. The van der Waals surface area contributed by atoms with Gasteiger partial charge in [0.05, 0.1) is 6.10 Å². The summed E-state index contributed by atoms with van der Waals surface area (Å²) in [6, 6.07) is 3.40. The Bertz CT molecular complexity index is 251. The molecule has 0 spiro atoms. The molecule has 0 rings (SSSR count). The van der Waals surface area contributed by atoms with Crippen LogP contribution in [0.25, 0.3) is 0 Å².